The lowest BCUT2D eigenvalue weighted by Crippen LogP contribution is -2.56. The Morgan fingerprint density at radius 2 is 2.04 bits per heavy atom. The van der Waals surface area contributed by atoms with Crippen LogP contribution >= 0.6 is 0 Å². The second kappa shape index (κ2) is 6.58. The van der Waals surface area contributed by atoms with Gasteiger partial charge in [-0.1, -0.05) is 12.8 Å². The van der Waals surface area contributed by atoms with Crippen LogP contribution in [0, 0.1) is 0 Å². The lowest BCUT2D eigenvalue weighted by molar-refractivity contribution is -0.0919. The van der Waals surface area contributed by atoms with Crippen LogP contribution in [0.1, 0.15) is 68.3 Å². The molecule has 2 aliphatic carbocycles. The van der Waals surface area contributed by atoms with E-state index >= 15 is 0 Å². The zero-order valence-electron chi connectivity index (χ0n) is 15.5. The van der Waals surface area contributed by atoms with E-state index in [0.717, 1.165) is 43.1 Å². The molecule has 2 saturated carbocycles. The third-order valence-electron chi connectivity index (χ3n) is 6.41. The molecular weight excluding hydrogens is 330 g/mol. The number of carbonyl (C=O) groups is 1. The van der Waals surface area contributed by atoms with E-state index in [-0.39, 0.29) is 29.3 Å². The van der Waals surface area contributed by atoms with Crippen molar-refractivity contribution in [2.75, 3.05) is 7.11 Å². The molecule has 1 aromatic heterocycles. The Bertz CT molecular complexity index is 867. The summed E-state index contributed by atoms with van der Waals surface area (Å²) in [6.07, 6.45) is 7.52. The summed E-state index contributed by atoms with van der Waals surface area (Å²) in [4.78, 5) is 28.0. The molecular formula is C20H27N3O3. The highest BCUT2D eigenvalue weighted by atomic mass is 16.5. The maximum Gasteiger partial charge on any atom is 0.326 e. The second-order valence-electron chi connectivity index (χ2n) is 7.79. The number of rotatable bonds is 5. The Morgan fingerprint density at radius 1 is 1.31 bits per heavy atom. The molecule has 2 N–H and O–H groups in total. The third-order valence-corrected chi connectivity index (χ3v) is 6.41. The molecule has 2 aromatic rings. The van der Waals surface area contributed by atoms with Gasteiger partial charge in [0.1, 0.15) is 0 Å². The number of nitrogens with one attached hydrogen (secondary N) is 2. The first-order chi connectivity index (χ1) is 12.5. The highest BCUT2D eigenvalue weighted by Crippen LogP contribution is 2.38. The molecule has 26 heavy (non-hydrogen) atoms. The molecule has 6 heteroatoms. The van der Waals surface area contributed by atoms with Crippen molar-refractivity contribution in [2.24, 2.45) is 0 Å². The van der Waals surface area contributed by atoms with Gasteiger partial charge in [0.15, 0.2) is 0 Å². The van der Waals surface area contributed by atoms with Gasteiger partial charge < -0.3 is 15.0 Å². The predicted molar refractivity (Wildman–Crippen MR) is 101 cm³/mol. The van der Waals surface area contributed by atoms with Crippen molar-refractivity contribution in [3.8, 4) is 0 Å². The fourth-order valence-corrected chi connectivity index (χ4v) is 4.55. The summed E-state index contributed by atoms with van der Waals surface area (Å²) in [5.41, 5.74) is 1.87. The van der Waals surface area contributed by atoms with Gasteiger partial charge in [0.2, 0.25) is 0 Å². The smallest absolute Gasteiger partial charge is 0.326 e. The fourth-order valence-electron chi connectivity index (χ4n) is 4.55. The molecule has 0 aliphatic heterocycles. The van der Waals surface area contributed by atoms with E-state index in [0.29, 0.717) is 5.56 Å². The molecule has 2 fully saturated rings. The highest BCUT2D eigenvalue weighted by Gasteiger charge is 2.42. The van der Waals surface area contributed by atoms with Crippen molar-refractivity contribution >= 4 is 16.9 Å². The van der Waals surface area contributed by atoms with E-state index in [9.17, 15) is 9.59 Å². The van der Waals surface area contributed by atoms with Gasteiger partial charge in [-0.2, -0.15) is 0 Å². The Kier molecular flexibility index (Phi) is 4.39. The highest BCUT2D eigenvalue weighted by molar-refractivity contribution is 5.97. The van der Waals surface area contributed by atoms with E-state index < -0.39 is 0 Å². The van der Waals surface area contributed by atoms with E-state index in [1.807, 2.05) is 23.6 Å². The topological polar surface area (TPSA) is 76.1 Å². The number of hydrogen-bond acceptors (Lipinski definition) is 3. The molecule has 1 unspecified atom stereocenters. The number of ether oxygens (including phenoxy) is 1. The van der Waals surface area contributed by atoms with Crippen molar-refractivity contribution in [1.29, 1.82) is 0 Å². The molecule has 0 saturated heterocycles. The molecule has 4 rings (SSSR count). The van der Waals surface area contributed by atoms with Gasteiger partial charge in [-0.05, 0) is 57.2 Å². The fraction of sp³-hybridized carbons (Fsp3) is 0.600. The van der Waals surface area contributed by atoms with Crippen molar-refractivity contribution in [1.82, 2.24) is 14.9 Å². The van der Waals surface area contributed by atoms with Gasteiger partial charge in [0.25, 0.3) is 5.91 Å². The number of aromatic amines is 1. The summed E-state index contributed by atoms with van der Waals surface area (Å²) in [5.74, 6) is -0.128. The van der Waals surface area contributed by atoms with E-state index in [2.05, 4.69) is 10.3 Å². The number of H-pyrrole nitrogens is 1. The molecule has 140 valence electrons. The van der Waals surface area contributed by atoms with Crippen molar-refractivity contribution in [3.05, 3.63) is 34.2 Å². The number of hydrogen-bond donors (Lipinski definition) is 2. The number of nitrogens with zero attached hydrogens (tertiary/aromatic N) is 1. The van der Waals surface area contributed by atoms with Gasteiger partial charge in [0.05, 0.1) is 22.7 Å². The molecule has 6 nitrogen and oxygen atoms in total. The first kappa shape index (κ1) is 17.3. The standard InChI is InChI=1S/C20H27N3O3/c1-13(20(26-2)10-5-11-20)21-18(24)14-8-9-17-16(12-14)22-19(25)23(17)15-6-3-4-7-15/h8-9,12-13,15H,3-7,10-11H2,1-2H3,(H,21,24)(H,22,25). The summed E-state index contributed by atoms with van der Waals surface area (Å²) in [5, 5.41) is 3.07. The molecule has 1 atom stereocenters. The molecule has 2 aliphatic rings. The average Bonchev–Trinajstić information content (AvgIpc) is 3.19. The third kappa shape index (κ3) is 2.76. The van der Waals surface area contributed by atoms with Crippen LogP contribution in [0.3, 0.4) is 0 Å². The van der Waals surface area contributed by atoms with Crippen LogP contribution < -0.4 is 11.0 Å². The van der Waals surface area contributed by atoms with Gasteiger partial charge in [-0.25, -0.2) is 4.79 Å². The molecule has 0 spiro atoms. The van der Waals surface area contributed by atoms with Crippen LogP contribution in [0.4, 0.5) is 0 Å². The van der Waals surface area contributed by atoms with Gasteiger partial charge in [-0.15, -0.1) is 0 Å². The normalized spacial score (nSPS) is 20.8. The summed E-state index contributed by atoms with van der Waals surface area (Å²) < 4.78 is 7.52. The van der Waals surface area contributed by atoms with Gasteiger partial charge >= 0.3 is 5.69 Å². The monoisotopic (exact) mass is 357 g/mol. The number of amides is 1. The molecule has 1 aromatic carbocycles. The zero-order valence-corrected chi connectivity index (χ0v) is 15.5. The molecule has 1 heterocycles. The van der Waals surface area contributed by atoms with Crippen molar-refractivity contribution in [2.45, 2.75) is 69.6 Å². The van der Waals surface area contributed by atoms with E-state index in [4.69, 9.17) is 4.74 Å². The number of methoxy groups -OCH3 is 1. The Labute approximate surface area is 152 Å². The number of imidazole rings is 1. The summed E-state index contributed by atoms with van der Waals surface area (Å²) in [6, 6.07) is 5.71. The van der Waals surface area contributed by atoms with Crippen LogP contribution in [0.25, 0.3) is 11.0 Å². The largest absolute Gasteiger partial charge is 0.376 e. The summed E-state index contributed by atoms with van der Waals surface area (Å²) in [6.45, 7) is 2.00. The maximum atomic E-state index is 12.7. The van der Waals surface area contributed by atoms with E-state index in [1.54, 1.807) is 13.2 Å². The minimum atomic E-state index is -0.236. The van der Waals surface area contributed by atoms with Crippen LogP contribution in [0.5, 0.6) is 0 Å². The lowest BCUT2D eigenvalue weighted by Gasteiger charge is -2.45. The first-order valence-electron chi connectivity index (χ1n) is 9.64. The second-order valence-corrected chi connectivity index (χ2v) is 7.79. The van der Waals surface area contributed by atoms with Crippen LogP contribution in [0.15, 0.2) is 23.0 Å². The van der Waals surface area contributed by atoms with E-state index in [1.165, 1.54) is 12.8 Å². The number of aromatic nitrogens is 2. The van der Waals surface area contributed by atoms with Crippen LogP contribution in [-0.2, 0) is 4.74 Å². The van der Waals surface area contributed by atoms with Crippen molar-refractivity contribution < 1.29 is 9.53 Å². The quantitative estimate of drug-likeness (QED) is 0.863. The Balaban J connectivity index is 1.57. The van der Waals surface area contributed by atoms with Gasteiger partial charge in [-0.3, -0.25) is 9.36 Å². The van der Waals surface area contributed by atoms with Crippen molar-refractivity contribution in [3.63, 3.8) is 0 Å². The zero-order chi connectivity index (χ0) is 18.3. The molecule has 0 radical (unpaired) electrons. The average molecular weight is 357 g/mol. The lowest BCUT2D eigenvalue weighted by atomic mass is 9.75. The minimum Gasteiger partial charge on any atom is -0.376 e. The minimum absolute atomic E-state index is 0.0495. The number of carbonyl (C=O) groups excluding carboxylic acids is 1. The van der Waals surface area contributed by atoms with Gasteiger partial charge in [0, 0.05) is 18.7 Å². The maximum absolute atomic E-state index is 12.7. The van der Waals surface area contributed by atoms with Crippen LogP contribution in [0.2, 0.25) is 0 Å². The molecule has 1 amide bonds. The summed E-state index contributed by atoms with van der Waals surface area (Å²) in [7, 11) is 1.71. The SMILES string of the molecule is COC1(C(C)NC(=O)c2ccc3c(c2)[nH]c(=O)n3C2CCCC2)CCC1. The number of fused-ring (bicyclic) bond motifs is 1. The molecule has 0 bridgehead atoms. The Morgan fingerprint density at radius 3 is 2.65 bits per heavy atom. The first-order valence-corrected chi connectivity index (χ1v) is 9.64. The predicted octanol–water partition coefficient (Wildman–Crippen LogP) is 3.13. The Hall–Kier alpha value is -2.08. The number of benzene rings is 1. The summed E-state index contributed by atoms with van der Waals surface area (Å²) >= 11 is 0. The van der Waals surface area contributed by atoms with Crippen LogP contribution in [-0.4, -0.2) is 34.2 Å².